The first-order valence-corrected chi connectivity index (χ1v) is 7.57. The Morgan fingerprint density at radius 1 is 1.26 bits per heavy atom. The van der Waals surface area contributed by atoms with Crippen LogP contribution in [0.4, 0.5) is 4.39 Å². The summed E-state index contributed by atoms with van der Waals surface area (Å²) in [7, 11) is 0. The van der Waals surface area contributed by atoms with Crippen molar-refractivity contribution < 1.29 is 13.9 Å². The van der Waals surface area contributed by atoms with Crippen LogP contribution in [-0.2, 0) is 0 Å². The standard InChI is InChI=1S/C17H18FN3O2/c1-11(2)16-19-8-7-15(20-16)17(22)21-9-14(10-21)23-13-5-3-12(18)4-6-13/h3-8,11,14H,9-10H2,1-2H3. The molecule has 1 aliphatic heterocycles. The van der Waals surface area contributed by atoms with Gasteiger partial charge in [-0.15, -0.1) is 0 Å². The summed E-state index contributed by atoms with van der Waals surface area (Å²) in [4.78, 5) is 22.5. The maximum absolute atomic E-state index is 12.8. The Labute approximate surface area is 134 Å². The number of aromatic nitrogens is 2. The molecule has 5 nitrogen and oxygen atoms in total. The molecule has 1 aromatic carbocycles. The zero-order valence-corrected chi connectivity index (χ0v) is 13.1. The number of carbonyl (C=O) groups excluding carboxylic acids is 1. The molecule has 1 aromatic heterocycles. The number of rotatable bonds is 4. The molecule has 2 heterocycles. The Balaban J connectivity index is 1.57. The van der Waals surface area contributed by atoms with E-state index in [2.05, 4.69) is 9.97 Å². The zero-order valence-electron chi connectivity index (χ0n) is 13.1. The first-order valence-electron chi connectivity index (χ1n) is 7.57. The van der Waals surface area contributed by atoms with E-state index in [1.165, 1.54) is 12.1 Å². The number of halogens is 1. The van der Waals surface area contributed by atoms with Crippen molar-refractivity contribution in [2.24, 2.45) is 0 Å². The van der Waals surface area contributed by atoms with Crippen molar-refractivity contribution in [1.29, 1.82) is 0 Å². The van der Waals surface area contributed by atoms with Gasteiger partial charge in [0.25, 0.3) is 5.91 Å². The Kier molecular flexibility index (Phi) is 4.23. The Hall–Kier alpha value is -2.50. The second kappa shape index (κ2) is 6.32. The van der Waals surface area contributed by atoms with Crippen molar-refractivity contribution in [2.45, 2.75) is 25.9 Å². The van der Waals surface area contributed by atoms with Gasteiger partial charge in [0.1, 0.15) is 29.2 Å². The molecule has 1 amide bonds. The molecule has 0 radical (unpaired) electrons. The van der Waals surface area contributed by atoms with Crippen LogP contribution in [0, 0.1) is 5.82 Å². The van der Waals surface area contributed by atoms with E-state index in [4.69, 9.17) is 4.74 Å². The molecule has 0 atom stereocenters. The lowest BCUT2D eigenvalue weighted by Gasteiger charge is -2.38. The molecule has 0 bridgehead atoms. The van der Waals surface area contributed by atoms with E-state index in [-0.39, 0.29) is 23.7 Å². The lowest BCUT2D eigenvalue weighted by atomic mass is 10.1. The molecule has 6 heteroatoms. The highest BCUT2D eigenvalue weighted by Crippen LogP contribution is 2.20. The topological polar surface area (TPSA) is 55.3 Å². The third kappa shape index (κ3) is 3.47. The van der Waals surface area contributed by atoms with Gasteiger partial charge in [0, 0.05) is 12.1 Å². The Morgan fingerprint density at radius 2 is 1.96 bits per heavy atom. The minimum Gasteiger partial charge on any atom is -0.487 e. The Bertz CT molecular complexity index is 697. The molecule has 1 fully saturated rings. The molecule has 3 rings (SSSR count). The molecule has 1 saturated heterocycles. The van der Waals surface area contributed by atoms with Gasteiger partial charge in [-0.1, -0.05) is 13.8 Å². The van der Waals surface area contributed by atoms with Gasteiger partial charge >= 0.3 is 0 Å². The van der Waals surface area contributed by atoms with E-state index in [1.807, 2.05) is 13.8 Å². The number of amides is 1. The van der Waals surface area contributed by atoms with Crippen LogP contribution in [0.5, 0.6) is 5.75 Å². The van der Waals surface area contributed by atoms with E-state index in [0.717, 1.165) is 0 Å². The smallest absolute Gasteiger partial charge is 0.272 e. The molecule has 2 aromatic rings. The minimum absolute atomic E-state index is 0.0733. The first kappa shape index (κ1) is 15.4. The summed E-state index contributed by atoms with van der Waals surface area (Å²) >= 11 is 0. The van der Waals surface area contributed by atoms with E-state index in [1.54, 1.807) is 29.3 Å². The van der Waals surface area contributed by atoms with E-state index >= 15 is 0 Å². The summed E-state index contributed by atoms with van der Waals surface area (Å²) in [5.74, 6) is 1.03. The highest BCUT2D eigenvalue weighted by Gasteiger charge is 2.33. The third-order valence-electron chi connectivity index (χ3n) is 3.66. The number of nitrogens with zero attached hydrogens (tertiary/aromatic N) is 3. The highest BCUT2D eigenvalue weighted by molar-refractivity contribution is 5.92. The monoisotopic (exact) mass is 315 g/mol. The average molecular weight is 315 g/mol. The fraction of sp³-hybridized carbons (Fsp3) is 0.353. The van der Waals surface area contributed by atoms with Crippen molar-refractivity contribution in [2.75, 3.05) is 13.1 Å². The van der Waals surface area contributed by atoms with E-state index in [0.29, 0.717) is 30.4 Å². The van der Waals surface area contributed by atoms with E-state index < -0.39 is 0 Å². The number of benzene rings is 1. The minimum atomic E-state index is -0.299. The number of likely N-dealkylation sites (tertiary alicyclic amines) is 1. The van der Waals surface area contributed by atoms with Crippen molar-refractivity contribution in [1.82, 2.24) is 14.9 Å². The molecule has 0 aliphatic carbocycles. The molecular formula is C17H18FN3O2. The average Bonchev–Trinajstić information content (AvgIpc) is 2.51. The molecule has 1 aliphatic rings. The molecule has 0 spiro atoms. The van der Waals surface area contributed by atoms with Gasteiger partial charge < -0.3 is 9.64 Å². The van der Waals surface area contributed by atoms with Gasteiger partial charge in [-0.05, 0) is 30.3 Å². The largest absolute Gasteiger partial charge is 0.487 e. The molecular weight excluding hydrogens is 297 g/mol. The van der Waals surface area contributed by atoms with Crippen LogP contribution in [0.15, 0.2) is 36.5 Å². The SMILES string of the molecule is CC(C)c1nccc(C(=O)N2CC(Oc3ccc(F)cc3)C2)n1. The van der Waals surface area contributed by atoms with Crippen LogP contribution in [0.25, 0.3) is 0 Å². The second-order valence-corrected chi connectivity index (χ2v) is 5.86. The normalized spacial score (nSPS) is 14.7. The van der Waals surface area contributed by atoms with Crippen LogP contribution in [0.3, 0.4) is 0 Å². The van der Waals surface area contributed by atoms with Crippen molar-refractivity contribution in [3.8, 4) is 5.75 Å². The third-order valence-corrected chi connectivity index (χ3v) is 3.66. The number of hydrogen-bond donors (Lipinski definition) is 0. The summed E-state index contributed by atoms with van der Waals surface area (Å²) in [6, 6.07) is 7.50. The molecule has 0 unspecified atom stereocenters. The molecule has 120 valence electrons. The predicted molar refractivity (Wildman–Crippen MR) is 82.8 cm³/mol. The Morgan fingerprint density at radius 3 is 2.61 bits per heavy atom. The lowest BCUT2D eigenvalue weighted by molar-refractivity contribution is 0.0173. The van der Waals surface area contributed by atoms with Crippen molar-refractivity contribution >= 4 is 5.91 Å². The number of ether oxygens (including phenoxy) is 1. The molecule has 0 saturated carbocycles. The van der Waals surface area contributed by atoms with Crippen LogP contribution in [0.1, 0.15) is 36.1 Å². The van der Waals surface area contributed by atoms with Gasteiger partial charge in [-0.2, -0.15) is 0 Å². The van der Waals surface area contributed by atoms with Gasteiger partial charge in [0.05, 0.1) is 13.1 Å². The fourth-order valence-electron chi connectivity index (χ4n) is 2.32. The summed E-state index contributed by atoms with van der Waals surface area (Å²) < 4.78 is 18.5. The quantitative estimate of drug-likeness (QED) is 0.870. The maximum atomic E-state index is 12.8. The van der Waals surface area contributed by atoms with Crippen LogP contribution >= 0.6 is 0 Å². The lowest BCUT2D eigenvalue weighted by Crippen LogP contribution is -2.56. The summed E-state index contributed by atoms with van der Waals surface area (Å²) in [6.07, 6.45) is 1.54. The molecule has 23 heavy (non-hydrogen) atoms. The van der Waals surface area contributed by atoms with Crippen LogP contribution in [0.2, 0.25) is 0 Å². The fourth-order valence-corrected chi connectivity index (χ4v) is 2.32. The van der Waals surface area contributed by atoms with E-state index in [9.17, 15) is 9.18 Å². The molecule has 0 N–H and O–H groups in total. The van der Waals surface area contributed by atoms with Gasteiger partial charge in [-0.3, -0.25) is 4.79 Å². The first-order chi connectivity index (χ1) is 11.0. The predicted octanol–water partition coefficient (Wildman–Crippen LogP) is 2.64. The number of hydrogen-bond acceptors (Lipinski definition) is 4. The summed E-state index contributed by atoms with van der Waals surface area (Å²) in [6.45, 7) is 4.97. The van der Waals surface area contributed by atoms with Gasteiger partial charge in [-0.25, -0.2) is 14.4 Å². The van der Waals surface area contributed by atoms with Crippen molar-refractivity contribution in [3.63, 3.8) is 0 Å². The van der Waals surface area contributed by atoms with Gasteiger partial charge in [0.2, 0.25) is 0 Å². The zero-order chi connectivity index (χ0) is 16.4. The number of carbonyl (C=O) groups is 1. The maximum Gasteiger partial charge on any atom is 0.272 e. The summed E-state index contributed by atoms with van der Waals surface area (Å²) in [5, 5.41) is 0. The second-order valence-electron chi connectivity index (χ2n) is 5.86. The van der Waals surface area contributed by atoms with Crippen LogP contribution < -0.4 is 4.74 Å². The van der Waals surface area contributed by atoms with Crippen LogP contribution in [-0.4, -0.2) is 40.0 Å². The van der Waals surface area contributed by atoms with Crippen molar-refractivity contribution in [3.05, 3.63) is 53.9 Å². The summed E-state index contributed by atoms with van der Waals surface area (Å²) in [5.41, 5.74) is 0.406. The van der Waals surface area contributed by atoms with Gasteiger partial charge in [0.15, 0.2) is 0 Å². The highest BCUT2D eigenvalue weighted by atomic mass is 19.1.